The van der Waals surface area contributed by atoms with E-state index in [1.54, 1.807) is 50.2 Å². The molecule has 3 N–H and O–H groups in total. The third-order valence-electron chi connectivity index (χ3n) is 5.13. The number of ether oxygens (including phenoxy) is 1. The molecule has 0 aromatic heterocycles. The van der Waals surface area contributed by atoms with Gasteiger partial charge in [0.1, 0.15) is 5.50 Å². The average Bonchev–Trinajstić information content (AvgIpc) is 2.78. The number of esters is 1. The molecular weight excluding hydrogens is 478 g/mol. The van der Waals surface area contributed by atoms with E-state index in [-0.39, 0.29) is 29.7 Å². The Hall–Kier alpha value is -2.89. The van der Waals surface area contributed by atoms with Crippen molar-refractivity contribution in [2.45, 2.75) is 36.4 Å². The van der Waals surface area contributed by atoms with Crippen LogP contribution in [-0.2, 0) is 24.2 Å². The van der Waals surface area contributed by atoms with Crippen LogP contribution < -0.4 is 16.0 Å². The summed E-state index contributed by atoms with van der Waals surface area (Å²) in [5, 5.41) is 7.06. The van der Waals surface area contributed by atoms with Gasteiger partial charge in [-0.15, -0.1) is 11.8 Å². The first-order chi connectivity index (χ1) is 16.1. The Morgan fingerprint density at radius 2 is 1.85 bits per heavy atom. The van der Waals surface area contributed by atoms with Gasteiger partial charge in [-0.2, -0.15) is 0 Å². The van der Waals surface area contributed by atoms with Crippen LogP contribution in [-0.4, -0.2) is 55.9 Å². The molecule has 2 atom stereocenters. The SMILES string of the molecule is CCOC(=O)c1ccc(NC(=O)CSC2NCC(S(=O)(=O)c3ccc(C)cc3C)C(=O)N2)cc1. The highest BCUT2D eigenvalue weighted by Crippen LogP contribution is 2.23. The van der Waals surface area contributed by atoms with Crippen molar-refractivity contribution in [3.63, 3.8) is 0 Å². The van der Waals surface area contributed by atoms with Gasteiger partial charge in [-0.3, -0.25) is 14.9 Å². The molecule has 34 heavy (non-hydrogen) atoms. The molecule has 182 valence electrons. The quantitative estimate of drug-likeness (QED) is 0.465. The summed E-state index contributed by atoms with van der Waals surface area (Å²) in [6, 6.07) is 11.3. The van der Waals surface area contributed by atoms with Crippen LogP contribution in [0.3, 0.4) is 0 Å². The zero-order valence-corrected chi connectivity index (χ0v) is 20.7. The Labute approximate surface area is 202 Å². The number of hydrogen-bond donors (Lipinski definition) is 3. The minimum atomic E-state index is -3.86. The van der Waals surface area contributed by atoms with Crippen LogP contribution in [0.4, 0.5) is 5.69 Å². The minimum Gasteiger partial charge on any atom is -0.462 e. The lowest BCUT2D eigenvalue weighted by molar-refractivity contribution is -0.122. The number of carbonyl (C=O) groups excluding carboxylic acids is 3. The van der Waals surface area contributed by atoms with Gasteiger partial charge >= 0.3 is 5.97 Å². The van der Waals surface area contributed by atoms with Gasteiger partial charge in [-0.1, -0.05) is 17.7 Å². The Kier molecular flexibility index (Phi) is 8.34. The normalized spacial score (nSPS) is 18.1. The number of thioether (sulfide) groups is 1. The van der Waals surface area contributed by atoms with Crippen LogP contribution in [0.1, 0.15) is 28.4 Å². The number of aryl methyl sites for hydroxylation is 2. The van der Waals surface area contributed by atoms with Crippen LogP contribution in [0.25, 0.3) is 0 Å². The lowest BCUT2D eigenvalue weighted by Gasteiger charge is -2.30. The van der Waals surface area contributed by atoms with E-state index >= 15 is 0 Å². The molecule has 1 fully saturated rings. The van der Waals surface area contributed by atoms with Crippen LogP contribution in [0.15, 0.2) is 47.4 Å². The number of benzene rings is 2. The summed E-state index contributed by atoms with van der Waals surface area (Å²) < 4.78 is 30.9. The predicted molar refractivity (Wildman–Crippen MR) is 130 cm³/mol. The number of nitrogens with one attached hydrogen (secondary N) is 3. The number of rotatable bonds is 8. The summed E-state index contributed by atoms with van der Waals surface area (Å²) in [5.41, 5.74) is 1.83. The molecule has 2 amide bonds. The van der Waals surface area contributed by atoms with Gasteiger partial charge in [0.25, 0.3) is 0 Å². The van der Waals surface area contributed by atoms with Gasteiger partial charge < -0.3 is 15.4 Å². The molecule has 0 aliphatic carbocycles. The first kappa shape index (κ1) is 25.7. The average molecular weight is 506 g/mol. The van der Waals surface area contributed by atoms with Crippen molar-refractivity contribution < 1.29 is 27.5 Å². The van der Waals surface area contributed by atoms with Gasteiger partial charge in [-0.05, 0) is 56.7 Å². The standard InChI is InChI=1S/C23H27N3O6S2/c1-4-32-22(29)16-6-8-17(9-7-16)25-20(27)13-33-23-24-12-19(21(28)26-23)34(30,31)18-10-5-14(2)11-15(18)3/h5-11,19,23-24H,4,12-13H2,1-3H3,(H,25,27)(H,26,28). The molecular formula is C23H27N3O6S2. The molecule has 2 aromatic rings. The molecule has 2 aromatic carbocycles. The number of amides is 2. The summed E-state index contributed by atoms with van der Waals surface area (Å²) in [6.45, 7) is 5.51. The van der Waals surface area contributed by atoms with E-state index < -0.39 is 32.5 Å². The number of hydrogen-bond acceptors (Lipinski definition) is 8. The highest BCUT2D eigenvalue weighted by molar-refractivity contribution is 8.00. The highest BCUT2D eigenvalue weighted by atomic mass is 32.2. The van der Waals surface area contributed by atoms with Crippen molar-refractivity contribution in [1.29, 1.82) is 0 Å². The predicted octanol–water partition coefficient (Wildman–Crippen LogP) is 2.00. The van der Waals surface area contributed by atoms with E-state index in [4.69, 9.17) is 4.74 Å². The van der Waals surface area contributed by atoms with Gasteiger partial charge in [0.15, 0.2) is 15.1 Å². The van der Waals surface area contributed by atoms with E-state index in [2.05, 4.69) is 16.0 Å². The molecule has 1 aliphatic rings. The van der Waals surface area contributed by atoms with Crippen molar-refractivity contribution >= 4 is 45.1 Å². The fourth-order valence-electron chi connectivity index (χ4n) is 3.46. The van der Waals surface area contributed by atoms with Gasteiger partial charge in [-0.25, -0.2) is 13.2 Å². The smallest absolute Gasteiger partial charge is 0.338 e. The van der Waals surface area contributed by atoms with Gasteiger partial charge in [0.2, 0.25) is 11.8 Å². The maximum absolute atomic E-state index is 13.0. The maximum Gasteiger partial charge on any atom is 0.338 e. The number of sulfone groups is 1. The first-order valence-electron chi connectivity index (χ1n) is 10.7. The Balaban J connectivity index is 1.52. The van der Waals surface area contributed by atoms with E-state index in [9.17, 15) is 22.8 Å². The van der Waals surface area contributed by atoms with E-state index in [1.165, 1.54) is 6.07 Å². The molecule has 3 rings (SSSR count). The van der Waals surface area contributed by atoms with Crippen LogP contribution in [0.5, 0.6) is 0 Å². The second kappa shape index (κ2) is 11.0. The van der Waals surface area contributed by atoms with Crippen molar-refractivity contribution in [2.24, 2.45) is 0 Å². The number of carbonyl (C=O) groups is 3. The Bertz CT molecular complexity index is 1180. The highest BCUT2D eigenvalue weighted by Gasteiger charge is 2.39. The fourth-order valence-corrected chi connectivity index (χ4v) is 6.00. The minimum absolute atomic E-state index is 0.0199. The van der Waals surface area contributed by atoms with Crippen molar-refractivity contribution in [3.8, 4) is 0 Å². The molecule has 1 aliphatic heterocycles. The third-order valence-corrected chi connectivity index (χ3v) is 8.37. The van der Waals surface area contributed by atoms with Crippen molar-refractivity contribution in [2.75, 3.05) is 24.2 Å². The lowest BCUT2D eigenvalue weighted by atomic mass is 10.2. The third kappa shape index (κ3) is 6.16. The van der Waals surface area contributed by atoms with Crippen molar-refractivity contribution in [3.05, 3.63) is 59.2 Å². The van der Waals surface area contributed by atoms with E-state index in [0.29, 0.717) is 16.8 Å². The Morgan fingerprint density at radius 3 is 2.47 bits per heavy atom. The zero-order valence-electron chi connectivity index (χ0n) is 19.1. The van der Waals surface area contributed by atoms with E-state index in [0.717, 1.165) is 17.3 Å². The maximum atomic E-state index is 13.0. The lowest BCUT2D eigenvalue weighted by Crippen LogP contribution is -2.59. The summed E-state index contributed by atoms with van der Waals surface area (Å²) in [4.78, 5) is 36.7. The molecule has 1 heterocycles. The van der Waals surface area contributed by atoms with Crippen molar-refractivity contribution in [1.82, 2.24) is 10.6 Å². The fraction of sp³-hybridized carbons (Fsp3) is 0.348. The topological polar surface area (TPSA) is 131 Å². The molecule has 0 bridgehead atoms. The van der Waals surface area contributed by atoms with Gasteiger partial charge in [0.05, 0.1) is 22.8 Å². The Morgan fingerprint density at radius 1 is 1.15 bits per heavy atom. The molecule has 0 spiro atoms. The molecule has 11 heteroatoms. The largest absolute Gasteiger partial charge is 0.462 e. The summed E-state index contributed by atoms with van der Waals surface area (Å²) in [6.07, 6.45) is 0. The molecule has 9 nitrogen and oxygen atoms in total. The number of anilines is 1. The monoisotopic (exact) mass is 505 g/mol. The van der Waals surface area contributed by atoms with Crippen LogP contribution in [0.2, 0.25) is 0 Å². The van der Waals surface area contributed by atoms with Gasteiger partial charge in [0, 0.05) is 12.2 Å². The summed E-state index contributed by atoms with van der Waals surface area (Å²) in [7, 11) is -3.86. The van der Waals surface area contributed by atoms with E-state index in [1.807, 2.05) is 6.92 Å². The summed E-state index contributed by atoms with van der Waals surface area (Å²) in [5.74, 6) is -1.33. The second-order valence-electron chi connectivity index (χ2n) is 7.76. The first-order valence-corrected chi connectivity index (χ1v) is 13.2. The van der Waals surface area contributed by atoms with Crippen LogP contribution >= 0.6 is 11.8 Å². The molecule has 0 saturated carbocycles. The second-order valence-corrected chi connectivity index (χ2v) is 10.9. The summed E-state index contributed by atoms with van der Waals surface area (Å²) >= 11 is 1.13. The zero-order chi connectivity index (χ0) is 24.9. The molecule has 1 saturated heterocycles. The molecule has 0 radical (unpaired) electrons. The molecule has 2 unspecified atom stereocenters. The van der Waals surface area contributed by atoms with Crippen LogP contribution in [0, 0.1) is 13.8 Å².